The number of fused-ring (bicyclic) bond motifs is 5. The molecule has 0 radical (unpaired) electrons. The SMILES string of the molecule is CCCCn1c(=O)c(C)cc2cc(C3(c4ccc5c(c4)cc(C)c(=O)n5CCCC)c4ccccc4-c4ccccc43)ccc21. The Balaban J connectivity index is 1.56. The van der Waals surface area contributed by atoms with Crippen LogP contribution >= 0.6 is 0 Å². The van der Waals surface area contributed by atoms with E-state index in [1.165, 1.54) is 33.4 Å². The predicted molar refractivity (Wildman–Crippen MR) is 187 cm³/mol. The molecule has 2 aromatic heterocycles. The molecule has 4 nitrogen and oxygen atoms in total. The van der Waals surface area contributed by atoms with Crippen LogP contribution in [-0.4, -0.2) is 9.13 Å². The summed E-state index contributed by atoms with van der Waals surface area (Å²) in [7, 11) is 0. The average Bonchev–Trinajstić information content (AvgIpc) is 3.36. The van der Waals surface area contributed by atoms with E-state index in [4.69, 9.17) is 0 Å². The van der Waals surface area contributed by atoms with Gasteiger partial charge in [-0.1, -0.05) is 87.4 Å². The molecule has 0 aliphatic heterocycles. The molecule has 6 aromatic rings. The maximum Gasteiger partial charge on any atom is 0.253 e. The van der Waals surface area contributed by atoms with E-state index in [2.05, 4.69) is 111 Å². The van der Waals surface area contributed by atoms with Crippen LogP contribution in [0.2, 0.25) is 0 Å². The van der Waals surface area contributed by atoms with Crippen LogP contribution in [0.5, 0.6) is 0 Å². The van der Waals surface area contributed by atoms with Crippen molar-refractivity contribution in [3.63, 3.8) is 0 Å². The van der Waals surface area contributed by atoms with Gasteiger partial charge in [-0.3, -0.25) is 9.59 Å². The third-order valence-corrected chi connectivity index (χ3v) is 9.83. The van der Waals surface area contributed by atoms with E-state index >= 15 is 0 Å². The molecule has 2 heterocycles. The third-order valence-electron chi connectivity index (χ3n) is 9.83. The van der Waals surface area contributed by atoms with E-state index in [0.29, 0.717) is 13.1 Å². The van der Waals surface area contributed by atoms with Gasteiger partial charge in [0.15, 0.2) is 0 Å². The van der Waals surface area contributed by atoms with Crippen LogP contribution in [0.1, 0.15) is 72.9 Å². The lowest BCUT2D eigenvalue weighted by atomic mass is 9.67. The molecule has 1 aliphatic carbocycles. The van der Waals surface area contributed by atoms with Gasteiger partial charge in [-0.25, -0.2) is 0 Å². The Kier molecular flexibility index (Phi) is 7.32. The van der Waals surface area contributed by atoms with Gasteiger partial charge < -0.3 is 9.13 Å². The molecule has 0 saturated carbocycles. The van der Waals surface area contributed by atoms with Crippen molar-refractivity contribution in [2.45, 2.75) is 71.9 Å². The highest BCUT2D eigenvalue weighted by Gasteiger charge is 2.46. The van der Waals surface area contributed by atoms with Gasteiger partial charge in [0.05, 0.1) is 16.4 Å². The molecule has 1 aliphatic rings. The minimum absolute atomic E-state index is 0.0917. The minimum Gasteiger partial charge on any atom is -0.308 e. The standard InChI is InChI=1S/C41H40N2O2/c1-5-7-21-42-37-19-17-31(25-29(37)23-27(3)39(42)44)41(35-15-11-9-13-33(35)34-14-10-12-16-36(34)41)32-18-20-38-30(26-32)24-28(4)40(45)43(38)22-8-6-2/h9-20,23-26H,5-8,21-22H2,1-4H3. The number of hydrogen-bond donors (Lipinski definition) is 0. The molecule has 0 spiro atoms. The van der Waals surface area contributed by atoms with Gasteiger partial charge in [-0.15, -0.1) is 0 Å². The lowest BCUT2D eigenvalue weighted by molar-refractivity contribution is 0.629. The van der Waals surface area contributed by atoms with Gasteiger partial charge in [0.2, 0.25) is 0 Å². The quantitative estimate of drug-likeness (QED) is 0.177. The van der Waals surface area contributed by atoms with Crippen molar-refractivity contribution >= 4 is 21.8 Å². The predicted octanol–water partition coefficient (Wildman–Crippen LogP) is 8.90. The second-order valence-corrected chi connectivity index (χ2v) is 12.7. The molecule has 7 rings (SSSR count). The monoisotopic (exact) mass is 592 g/mol. The molecule has 4 heteroatoms. The maximum absolute atomic E-state index is 13.2. The zero-order chi connectivity index (χ0) is 31.3. The molecule has 0 N–H and O–H groups in total. The van der Waals surface area contributed by atoms with Crippen LogP contribution in [0.25, 0.3) is 32.9 Å². The Morgan fingerprint density at radius 1 is 0.556 bits per heavy atom. The fourth-order valence-corrected chi connectivity index (χ4v) is 7.63. The number of nitrogens with zero attached hydrogens (tertiary/aromatic N) is 2. The number of rotatable bonds is 8. The molecule has 0 bridgehead atoms. The van der Waals surface area contributed by atoms with Gasteiger partial charge in [0.25, 0.3) is 11.1 Å². The molecule has 45 heavy (non-hydrogen) atoms. The van der Waals surface area contributed by atoms with Crippen LogP contribution < -0.4 is 11.1 Å². The van der Waals surface area contributed by atoms with E-state index in [1.54, 1.807) is 0 Å². The van der Waals surface area contributed by atoms with Crippen molar-refractivity contribution in [2.75, 3.05) is 0 Å². The summed E-state index contributed by atoms with van der Waals surface area (Å²) >= 11 is 0. The van der Waals surface area contributed by atoms with Crippen molar-refractivity contribution in [3.8, 4) is 11.1 Å². The molecule has 0 saturated heterocycles. The van der Waals surface area contributed by atoms with E-state index in [1.807, 2.05) is 23.0 Å². The van der Waals surface area contributed by atoms with Gasteiger partial charge in [-0.05, 0) is 107 Å². The van der Waals surface area contributed by atoms with Crippen LogP contribution in [0, 0.1) is 13.8 Å². The highest BCUT2D eigenvalue weighted by Crippen LogP contribution is 2.56. The third kappa shape index (κ3) is 4.41. The summed E-state index contributed by atoms with van der Waals surface area (Å²) in [6.45, 7) is 9.61. The lowest BCUT2D eigenvalue weighted by Crippen LogP contribution is -2.29. The average molecular weight is 593 g/mol. The summed E-state index contributed by atoms with van der Waals surface area (Å²) in [5.41, 5.74) is 10.4. The molecular formula is C41H40N2O2. The smallest absolute Gasteiger partial charge is 0.253 e. The van der Waals surface area contributed by atoms with E-state index < -0.39 is 5.41 Å². The van der Waals surface area contributed by atoms with Gasteiger partial charge >= 0.3 is 0 Å². The van der Waals surface area contributed by atoms with E-state index in [9.17, 15) is 9.59 Å². The van der Waals surface area contributed by atoms with Crippen molar-refractivity contribution in [2.24, 2.45) is 0 Å². The summed E-state index contributed by atoms with van der Waals surface area (Å²) in [6.07, 6.45) is 3.99. The Morgan fingerprint density at radius 2 is 0.978 bits per heavy atom. The zero-order valence-corrected chi connectivity index (χ0v) is 26.7. The number of unbranched alkanes of at least 4 members (excludes halogenated alkanes) is 2. The van der Waals surface area contributed by atoms with Crippen molar-refractivity contribution in [3.05, 3.63) is 151 Å². The lowest BCUT2D eigenvalue weighted by Gasteiger charge is -2.34. The van der Waals surface area contributed by atoms with Crippen LogP contribution in [-0.2, 0) is 18.5 Å². The Hall–Kier alpha value is -4.70. The first-order valence-electron chi connectivity index (χ1n) is 16.4. The summed E-state index contributed by atoms with van der Waals surface area (Å²) in [4.78, 5) is 26.5. The van der Waals surface area contributed by atoms with E-state index in [-0.39, 0.29) is 11.1 Å². The fourth-order valence-electron chi connectivity index (χ4n) is 7.63. The van der Waals surface area contributed by atoms with Crippen LogP contribution in [0.15, 0.2) is 107 Å². The molecule has 0 atom stereocenters. The summed E-state index contributed by atoms with van der Waals surface area (Å²) in [5, 5.41) is 2.15. The zero-order valence-electron chi connectivity index (χ0n) is 26.7. The summed E-state index contributed by atoms with van der Waals surface area (Å²) in [6, 6.07) is 35.0. The number of aromatic nitrogens is 2. The Labute approximate surface area is 264 Å². The first-order chi connectivity index (χ1) is 21.9. The van der Waals surface area contributed by atoms with Gasteiger partial charge in [0.1, 0.15) is 0 Å². The van der Waals surface area contributed by atoms with Crippen molar-refractivity contribution < 1.29 is 0 Å². The number of aryl methyl sites for hydroxylation is 4. The Morgan fingerprint density at radius 3 is 1.40 bits per heavy atom. The molecule has 226 valence electrons. The second-order valence-electron chi connectivity index (χ2n) is 12.7. The highest BCUT2D eigenvalue weighted by atomic mass is 16.1. The molecule has 4 aromatic carbocycles. The summed E-state index contributed by atoms with van der Waals surface area (Å²) in [5.74, 6) is 0. The largest absolute Gasteiger partial charge is 0.308 e. The van der Waals surface area contributed by atoms with Crippen molar-refractivity contribution in [1.29, 1.82) is 0 Å². The first kappa shape index (κ1) is 29.0. The van der Waals surface area contributed by atoms with Crippen LogP contribution in [0.3, 0.4) is 0 Å². The maximum atomic E-state index is 13.2. The number of hydrogen-bond acceptors (Lipinski definition) is 2. The normalized spacial score (nSPS) is 13.3. The molecular weight excluding hydrogens is 552 g/mol. The van der Waals surface area contributed by atoms with Gasteiger partial charge in [0, 0.05) is 24.2 Å². The number of benzene rings is 4. The summed E-state index contributed by atoms with van der Waals surface area (Å²) < 4.78 is 3.91. The number of pyridine rings is 2. The fraction of sp³-hybridized carbons (Fsp3) is 0.268. The second kappa shape index (κ2) is 11.3. The molecule has 0 fully saturated rings. The highest BCUT2D eigenvalue weighted by molar-refractivity contribution is 5.90. The molecule has 0 unspecified atom stereocenters. The van der Waals surface area contributed by atoms with E-state index in [0.717, 1.165) is 58.6 Å². The Bertz CT molecular complexity index is 2060. The first-order valence-corrected chi connectivity index (χ1v) is 16.4. The minimum atomic E-state index is -0.577. The topological polar surface area (TPSA) is 44.0 Å². The van der Waals surface area contributed by atoms with Gasteiger partial charge in [-0.2, -0.15) is 0 Å². The molecule has 0 amide bonds. The van der Waals surface area contributed by atoms with Crippen LogP contribution in [0.4, 0.5) is 0 Å². The van der Waals surface area contributed by atoms with Crippen molar-refractivity contribution in [1.82, 2.24) is 9.13 Å².